The van der Waals surface area contributed by atoms with Crippen LogP contribution in [-0.4, -0.2) is 9.91 Å². The number of nitrogens with two attached hydrogens (primary N) is 1. The van der Waals surface area contributed by atoms with Crippen LogP contribution >= 0.6 is 11.6 Å². The second-order valence-corrected chi connectivity index (χ2v) is 4.54. The summed E-state index contributed by atoms with van der Waals surface area (Å²) in [5.74, 6) is 0.165. The van der Waals surface area contributed by atoms with E-state index in [0.29, 0.717) is 5.56 Å². The summed E-state index contributed by atoms with van der Waals surface area (Å²) in [6.45, 7) is 1.77. The lowest BCUT2D eigenvalue weighted by Gasteiger charge is -2.12. The van der Waals surface area contributed by atoms with Gasteiger partial charge in [-0.3, -0.25) is 10.1 Å². The lowest BCUT2D eigenvalue weighted by atomic mass is 10.1. The summed E-state index contributed by atoms with van der Waals surface area (Å²) in [6, 6.07) is 7.45. The summed E-state index contributed by atoms with van der Waals surface area (Å²) in [5, 5.41) is 11.1. The maximum Gasteiger partial charge on any atom is 0.313 e. The van der Waals surface area contributed by atoms with E-state index in [1.54, 1.807) is 19.1 Å². The second kappa shape index (κ2) is 5.85. The Morgan fingerprint density at radius 3 is 2.80 bits per heavy atom. The van der Waals surface area contributed by atoms with Crippen LogP contribution in [0.2, 0.25) is 5.02 Å². The third-order valence-corrected chi connectivity index (χ3v) is 2.93. The molecule has 0 saturated heterocycles. The summed E-state index contributed by atoms with van der Waals surface area (Å²) in [5.41, 5.74) is 6.23. The Hall–Kier alpha value is -2.18. The van der Waals surface area contributed by atoms with Crippen molar-refractivity contribution >= 4 is 17.3 Å². The highest BCUT2D eigenvalue weighted by atomic mass is 35.5. The molecule has 0 aliphatic carbocycles. The summed E-state index contributed by atoms with van der Waals surface area (Å²) in [6.07, 6.45) is 1.52. The van der Waals surface area contributed by atoms with Gasteiger partial charge in [-0.1, -0.05) is 23.7 Å². The molecule has 7 heteroatoms. The lowest BCUT2D eigenvalue weighted by molar-refractivity contribution is -0.385. The molecule has 1 aromatic carbocycles. The fourth-order valence-electron chi connectivity index (χ4n) is 1.67. The van der Waals surface area contributed by atoms with Crippen LogP contribution in [0.5, 0.6) is 11.6 Å². The number of nitrogens with zero attached hydrogens (tertiary/aromatic N) is 2. The number of rotatable bonds is 4. The second-order valence-electron chi connectivity index (χ2n) is 4.13. The molecule has 2 aromatic rings. The highest BCUT2D eigenvalue weighted by molar-refractivity contribution is 6.32. The van der Waals surface area contributed by atoms with Gasteiger partial charge in [-0.2, -0.15) is 0 Å². The first-order valence-corrected chi connectivity index (χ1v) is 6.19. The average molecular weight is 294 g/mol. The fourth-order valence-corrected chi connectivity index (χ4v) is 1.88. The van der Waals surface area contributed by atoms with Gasteiger partial charge in [0.25, 0.3) is 0 Å². The highest BCUT2D eigenvalue weighted by Crippen LogP contribution is 2.38. The third-order valence-electron chi connectivity index (χ3n) is 2.63. The lowest BCUT2D eigenvalue weighted by Crippen LogP contribution is -2.08. The highest BCUT2D eigenvalue weighted by Gasteiger charge is 2.21. The topological polar surface area (TPSA) is 91.3 Å². The third kappa shape index (κ3) is 2.87. The Balaban J connectivity index is 2.48. The van der Waals surface area contributed by atoms with E-state index in [9.17, 15) is 10.1 Å². The monoisotopic (exact) mass is 293 g/mol. The molecule has 2 rings (SSSR count). The van der Waals surface area contributed by atoms with Gasteiger partial charge in [0.1, 0.15) is 0 Å². The van der Waals surface area contributed by atoms with E-state index in [2.05, 4.69) is 4.98 Å². The van der Waals surface area contributed by atoms with Crippen LogP contribution in [-0.2, 0) is 0 Å². The number of benzene rings is 1. The SMILES string of the molecule is C[C@@H](N)c1cccnc1Oc1c(Cl)cccc1[N+](=O)[O-]. The summed E-state index contributed by atoms with van der Waals surface area (Å²) in [7, 11) is 0. The van der Waals surface area contributed by atoms with Crippen LogP contribution in [0.1, 0.15) is 18.5 Å². The van der Waals surface area contributed by atoms with Crippen LogP contribution in [0.25, 0.3) is 0 Å². The van der Waals surface area contributed by atoms with Crippen LogP contribution in [0, 0.1) is 10.1 Å². The normalized spacial score (nSPS) is 11.9. The van der Waals surface area contributed by atoms with Gasteiger partial charge in [-0.15, -0.1) is 0 Å². The van der Waals surface area contributed by atoms with Crippen molar-refractivity contribution in [2.75, 3.05) is 0 Å². The van der Waals surface area contributed by atoms with E-state index in [4.69, 9.17) is 22.1 Å². The van der Waals surface area contributed by atoms with E-state index >= 15 is 0 Å². The van der Waals surface area contributed by atoms with E-state index in [-0.39, 0.29) is 28.4 Å². The largest absolute Gasteiger partial charge is 0.430 e. The minimum absolute atomic E-state index is 0.0419. The van der Waals surface area contributed by atoms with Crippen LogP contribution in [0.3, 0.4) is 0 Å². The molecule has 0 aliphatic heterocycles. The molecule has 2 N–H and O–H groups in total. The predicted octanol–water partition coefficient (Wildman–Crippen LogP) is 3.46. The standard InChI is InChI=1S/C13H12ClN3O3/c1-8(15)9-4-3-7-16-13(9)20-12-10(14)5-2-6-11(12)17(18)19/h2-8H,15H2,1H3/t8-/m1/s1. The zero-order valence-electron chi connectivity index (χ0n) is 10.6. The molecule has 0 aliphatic rings. The first-order chi connectivity index (χ1) is 9.50. The number of halogens is 1. The predicted molar refractivity (Wildman–Crippen MR) is 75.0 cm³/mol. The number of para-hydroxylation sites is 1. The Morgan fingerprint density at radius 2 is 2.15 bits per heavy atom. The van der Waals surface area contributed by atoms with Gasteiger partial charge in [0.05, 0.1) is 9.95 Å². The molecule has 1 atom stereocenters. The van der Waals surface area contributed by atoms with Gasteiger partial charge >= 0.3 is 5.69 Å². The molecule has 0 fully saturated rings. The summed E-state index contributed by atoms with van der Waals surface area (Å²) in [4.78, 5) is 14.5. The van der Waals surface area contributed by atoms with Crippen molar-refractivity contribution in [3.05, 3.63) is 57.2 Å². The average Bonchev–Trinajstić information content (AvgIpc) is 2.41. The quantitative estimate of drug-likeness (QED) is 0.688. The van der Waals surface area contributed by atoms with Gasteiger partial charge < -0.3 is 10.5 Å². The first kappa shape index (κ1) is 14.2. The van der Waals surface area contributed by atoms with E-state index in [0.717, 1.165) is 0 Å². The van der Waals surface area contributed by atoms with Crippen molar-refractivity contribution < 1.29 is 9.66 Å². The number of hydrogen-bond acceptors (Lipinski definition) is 5. The molecule has 1 heterocycles. The number of aromatic nitrogens is 1. The van der Waals surface area contributed by atoms with Gasteiger partial charge in [0, 0.05) is 23.9 Å². The smallest absolute Gasteiger partial charge is 0.313 e. The van der Waals surface area contributed by atoms with Crippen molar-refractivity contribution in [2.45, 2.75) is 13.0 Å². The Morgan fingerprint density at radius 1 is 1.40 bits per heavy atom. The molecular formula is C13H12ClN3O3. The molecule has 20 heavy (non-hydrogen) atoms. The van der Waals surface area contributed by atoms with E-state index < -0.39 is 4.92 Å². The molecule has 0 amide bonds. The Bertz CT molecular complexity index is 647. The maximum absolute atomic E-state index is 11.0. The van der Waals surface area contributed by atoms with Crippen LogP contribution < -0.4 is 10.5 Å². The Kier molecular flexibility index (Phi) is 4.16. The van der Waals surface area contributed by atoms with Crippen LogP contribution in [0.15, 0.2) is 36.5 Å². The molecule has 0 bridgehead atoms. The van der Waals surface area contributed by atoms with Crippen molar-refractivity contribution in [1.29, 1.82) is 0 Å². The number of nitro groups is 1. The van der Waals surface area contributed by atoms with Crippen LogP contribution in [0.4, 0.5) is 5.69 Å². The fraction of sp³-hybridized carbons (Fsp3) is 0.154. The maximum atomic E-state index is 11.0. The van der Waals surface area contributed by atoms with Crippen molar-refractivity contribution in [1.82, 2.24) is 4.98 Å². The van der Waals surface area contributed by atoms with E-state index in [1.165, 1.54) is 24.4 Å². The Labute approximate surface area is 120 Å². The zero-order chi connectivity index (χ0) is 14.7. The molecule has 104 valence electrons. The minimum Gasteiger partial charge on any atom is -0.430 e. The summed E-state index contributed by atoms with van der Waals surface area (Å²) >= 11 is 5.97. The molecule has 0 spiro atoms. The molecular weight excluding hydrogens is 282 g/mol. The molecule has 6 nitrogen and oxygen atoms in total. The van der Waals surface area contributed by atoms with Gasteiger partial charge in [-0.25, -0.2) is 4.98 Å². The van der Waals surface area contributed by atoms with Gasteiger partial charge in [0.2, 0.25) is 11.6 Å². The van der Waals surface area contributed by atoms with Crippen molar-refractivity contribution in [3.63, 3.8) is 0 Å². The zero-order valence-corrected chi connectivity index (χ0v) is 11.4. The van der Waals surface area contributed by atoms with Gasteiger partial charge in [-0.05, 0) is 19.1 Å². The minimum atomic E-state index is -0.560. The van der Waals surface area contributed by atoms with Crippen molar-refractivity contribution in [3.8, 4) is 11.6 Å². The first-order valence-electron chi connectivity index (χ1n) is 5.82. The molecule has 0 unspecified atom stereocenters. The number of ether oxygens (including phenoxy) is 1. The molecule has 0 radical (unpaired) electrons. The summed E-state index contributed by atoms with van der Waals surface area (Å²) < 4.78 is 5.53. The molecule has 1 aromatic heterocycles. The number of pyridine rings is 1. The molecule has 0 saturated carbocycles. The number of hydrogen-bond donors (Lipinski definition) is 1. The van der Waals surface area contributed by atoms with E-state index in [1.807, 2.05) is 0 Å². The van der Waals surface area contributed by atoms with Crippen molar-refractivity contribution in [2.24, 2.45) is 5.73 Å². The van der Waals surface area contributed by atoms with Gasteiger partial charge in [0.15, 0.2) is 0 Å². The number of nitro benzene ring substituents is 1.